The summed E-state index contributed by atoms with van der Waals surface area (Å²) in [5.41, 5.74) is 6.92. The molecule has 0 saturated carbocycles. The average Bonchev–Trinajstić information content (AvgIpc) is 2.96. The van der Waals surface area contributed by atoms with Gasteiger partial charge in [0.1, 0.15) is 5.69 Å². The third kappa shape index (κ3) is 3.49. The van der Waals surface area contributed by atoms with E-state index in [-0.39, 0.29) is 5.84 Å². The molecule has 0 amide bonds. The fourth-order valence-electron chi connectivity index (χ4n) is 1.63. The van der Waals surface area contributed by atoms with Crippen molar-refractivity contribution in [3.63, 3.8) is 0 Å². The minimum Gasteiger partial charge on any atom is -0.409 e. The molecule has 19 heavy (non-hydrogen) atoms. The topological polar surface area (TPSA) is 114 Å². The summed E-state index contributed by atoms with van der Waals surface area (Å²) in [6, 6.07) is 3.69. The molecule has 4 N–H and O–H groups in total. The maximum absolute atomic E-state index is 8.69. The molecule has 0 unspecified atom stereocenters. The molecule has 2 rings (SSSR count). The lowest BCUT2D eigenvalue weighted by Crippen LogP contribution is -2.23. The largest absolute Gasteiger partial charge is 0.409 e. The highest BCUT2D eigenvalue weighted by Crippen LogP contribution is 2.04. The van der Waals surface area contributed by atoms with Crippen LogP contribution in [0.25, 0.3) is 0 Å². The summed E-state index contributed by atoms with van der Waals surface area (Å²) in [7, 11) is 0. The third-order valence-corrected chi connectivity index (χ3v) is 2.55. The van der Waals surface area contributed by atoms with E-state index in [1.54, 1.807) is 23.3 Å². The third-order valence-electron chi connectivity index (χ3n) is 2.55. The van der Waals surface area contributed by atoms with Crippen LogP contribution >= 0.6 is 0 Å². The van der Waals surface area contributed by atoms with E-state index in [0.717, 1.165) is 18.7 Å². The number of nitrogens with one attached hydrogen (secondary N) is 1. The van der Waals surface area contributed by atoms with Gasteiger partial charge >= 0.3 is 0 Å². The molecule has 2 heterocycles. The Morgan fingerprint density at radius 3 is 3.11 bits per heavy atom. The molecule has 100 valence electrons. The van der Waals surface area contributed by atoms with Crippen LogP contribution in [-0.4, -0.2) is 37.6 Å². The van der Waals surface area contributed by atoms with Crippen LogP contribution in [0, 0.1) is 0 Å². The number of hydrogen-bond acceptors (Lipinski definition) is 6. The van der Waals surface area contributed by atoms with Gasteiger partial charge in [0.05, 0.1) is 12.7 Å². The Balaban J connectivity index is 1.89. The number of aromatic nitrogens is 4. The number of amidine groups is 1. The smallest absolute Gasteiger partial charge is 0.189 e. The first-order chi connectivity index (χ1) is 9.31. The van der Waals surface area contributed by atoms with Crippen LogP contribution in [0.3, 0.4) is 0 Å². The van der Waals surface area contributed by atoms with Crippen LogP contribution in [0.1, 0.15) is 11.3 Å². The minimum absolute atomic E-state index is 0.00803. The summed E-state index contributed by atoms with van der Waals surface area (Å²) in [6.07, 6.45) is 5.04. The van der Waals surface area contributed by atoms with Crippen molar-refractivity contribution in [2.24, 2.45) is 10.9 Å². The Bertz CT molecular complexity index is 538. The van der Waals surface area contributed by atoms with Gasteiger partial charge in [-0.3, -0.25) is 9.67 Å². The summed E-state index contributed by atoms with van der Waals surface area (Å²) >= 11 is 0. The zero-order valence-electron chi connectivity index (χ0n) is 10.3. The fourth-order valence-corrected chi connectivity index (χ4v) is 1.63. The molecular weight excluding hydrogens is 246 g/mol. The molecule has 0 saturated heterocycles. The Morgan fingerprint density at radius 1 is 1.47 bits per heavy atom. The second-order valence-electron chi connectivity index (χ2n) is 3.84. The van der Waals surface area contributed by atoms with Gasteiger partial charge in [-0.05, 0) is 11.6 Å². The molecule has 0 aliphatic rings. The maximum atomic E-state index is 8.69. The maximum Gasteiger partial charge on any atom is 0.189 e. The number of nitrogens with two attached hydrogens (primary N) is 1. The molecule has 0 radical (unpaired) electrons. The van der Waals surface area contributed by atoms with E-state index in [2.05, 4.69) is 25.8 Å². The van der Waals surface area contributed by atoms with Crippen molar-refractivity contribution in [2.45, 2.75) is 13.1 Å². The molecule has 0 atom stereocenters. The van der Waals surface area contributed by atoms with Crippen molar-refractivity contribution in [1.82, 2.24) is 25.3 Å². The standard InChI is InChI=1S/C11H15N7O/c12-11(16-19)10-9(2-1-3-14-10)8-13-4-6-18-7-5-15-17-18/h1-3,5,7,13,19H,4,6,8H2,(H2,12,16). The summed E-state index contributed by atoms with van der Waals surface area (Å²) in [5, 5.41) is 22.5. The first kappa shape index (κ1) is 13.0. The van der Waals surface area contributed by atoms with Crippen LogP contribution in [0.15, 0.2) is 35.9 Å². The normalized spacial score (nSPS) is 11.7. The van der Waals surface area contributed by atoms with Crippen LogP contribution in [-0.2, 0) is 13.1 Å². The van der Waals surface area contributed by atoms with Gasteiger partial charge in [0, 0.05) is 25.5 Å². The SMILES string of the molecule is N/C(=N/O)c1ncccc1CNCCn1ccnn1. The number of oxime groups is 1. The lowest BCUT2D eigenvalue weighted by Gasteiger charge is -2.08. The molecule has 0 bridgehead atoms. The van der Waals surface area contributed by atoms with Gasteiger partial charge in [0.25, 0.3) is 0 Å². The molecule has 8 nitrogen and oxygen atoms in total. The van der Waals surface area contributed by atoms with E-state index in [1.807, 2.05) is 12.1 Å². The van der Waals surface area contributed by atoms with Crippen LogP contribution in [0.4, 0.5) is 0 Å². The monoisotopic (exact) mass is 261 g/mol. The van der Waals surface area contributed by atoms with E-state index >= 15 is 0 Å². The highest BCUT2D eigenvalue weighted by molar-refractivity contribution is 5.96. The molecule has 2 aromatic rings. The van der Waals surface area contributed by atoms with Crippen molar-refractivity contribution in [1.29, 1.82) is 0 Å². The van der Waals surface area contributed by atoms with E-state index in [0.29, 0.717) is 12.2 Å². The zero-order chi connectivity index (χ0) is 13.5. The summed E-state index contributed by atoms with van der Waals surface area (Å²) in [6.45, 7) is 2.03. The molecule has 0 fully saturated rings. The van der Waals surface area contributed by atoms with Crippen molar-refractivity contribution in [3.8, 4) is 0 Å². The van der Waals surface area contributed by atoms with E-state index in [9.17, 15) is 0 Å². The lowest BCUT2D eigenvalue weighted by atomic mass is 10.2. The molecule has 0 aliphatic carbocycles. The molecule has 2 aromatic heterocycles. The van der Waals surface area contributed by atoms with Gasteiger partial charge in [-0.2, -0.15) is 0 Å². The van der Waals surface area contributed by atoms with E-state index in [4.69, 9.17) is 10.9 Å². The quantitative estimate of drug-likeness (QED) is 0.213. The van der Waals surface area contributed by atoms with Gasteiger partial charge in [-0.1, -0.05) is 16.4 Å². The van der Waals surface area contributed by atoms with E-state index in [1.165, 1.54) is 0 Å². The second kappa shape index (κ2) is 6.45. The Hall–Kier alpha value is -2.48. The van der Waals surface area contributed by atoms with Crippen molar-refractivity contribution >= 4 is 5.84 Å². The molecule has 0 aromatic carbocycles. The zero-order valence-corrected chi connectivity index (χ0v) is 10.3. The first-order valence-electron chi connectivity index (χ1n) is 5.78. The van der Waals surface area contributed by atoms with Gasteiger partial charge in [0.2, 0.25) is 0 Å². The number of nitrogens with zero attached hydrogens (tertiary/aromatic N) is 5. The van der Waals surface area contributed by atoms with Crippen LogP contribution in [0.2, 0.25) is 0 Å². The Kier molecular flexibility index (Phi) is 4.40. The summed E-state index contributed by atoms with van der Waals surface area (Å²) in [5.74, 6) is 0.00803. The van der Waals surface area contributed by atoms with E-state index < -0.39 is 0 Å². The Morgan fingerprint density at radius 2 is 2.37 bits per heavy atom. The summed E-state index contributed by atoms with van der Waals surface area (Å²) < 4.78 is 1.74. The highest BCUT2D eigenvalue weighted by atomic mass is 16.4. The van der Waals surface area contributed by atoms with Crippen molar-refractivity contribution in [3.05, 3.63) is 42.0 Å². The predicted octanol–water partition coefficient (Wildman–Crippen LogP) is -0.443. The van der Waals surface area contributed by atoms with Gasteiger partial charge in [0.15, 0.2) is 5.84 Å². The molecular formula is C11H15N7O. The number of rotatable bonds is 6. The fraction of sp³-hybridized carbons (Fsp3) is 0.273. The van der Waals surface area contributed by atoms with Gasteiger partial charge in [-0.15, -0.1) is 5.10 Å². The second-order valence-corrected chi connectivity index (χ2v) is 3.84. The molecule has 0 spiro atoms. The first-order valence-corrected chi connectivity index (χ1v) is 5.78. The van der Waals surface area contributed by atoms with Crippen molar-refractivity contribution in [2.75, 3.05) is 6.54 Å². The van der Waals surface area contributed by atoms with Gasteiger partial charge < -0.3 is 16.3 Å². The molecule has 0 aliphatic heterocycles. The minimum atomic E-state index is 0.00803. The predicted molar refractivity (Wildman–Crippen MR) is 68.5 cm³/mol. The van der Waals surface area contributed by atoms with Crippen molar-refractivity contribution < 1.29 is 5.21 Å². The van der Waals surface area contributed by atoms with Gasteiger partial charge in [-0.25, -0.2) is 0 Å². The average molecular weight is 261 g/mol. The summed E-state index contributed by atoms with van der Waals surface area (Å²) in [4.78, 5) is 4.09. The number of hydrogen-bond donors (Lipinski definition) is 3. The lowest BCUT2D eigenvalue weighted by molar-refractivity contribution is 0.318. The highest BCUT2D eigenvalue weighted by Gasteiger charge is 2.07. The molecule has 8 heteroatoms. The number of pyridine rings is 1. The Labute approximate surface area is 109 Å². The van der Waals surface area contributed by atoms with Crippen LogP contribution < -0.4 is 11.1 Å². The van der Waals surface area contributed by atoms with Crippen LogP contribution in [0.5, 0.6) is 0 Å².